The summed E-state index contributed by atoms with van der Waals surface area (Å²) < 4.78 is 18.2. The van der Waals surface area contributed by atoms with Gasteiger partial charge in [0.15, 0.2) is 6.10 Å². The first kappa shape index (κ1) is 11.9. The summed E-state index contributed by atoms with van der Waals surface area (Å²) in [6.45, 7) is 1.89. The summed E-state index contributed by atoms with van der Waals surface area (Å²) in [5.41, 5.74) is 0. The molecule has 17 heavy (non-hydrogen) atoms. The van der Waals surface area contributed by atoms with E-state index in [-0.39, 0.29) is 11.7 Å². The second-order valence-corrected chi connectivity index (χ2v) is 4.25. The first-order valence-corrected chi connectivity index (χ1v) is 5.91. The molecule has 0 saturated heterocycles. The molecule has 0 unspecified atom stereocenters. The van der Waals surface area contributed by atoms with E-state index in [1.165, 1.54) is 24.3 Å². The number of amides is 1. The van der Waals surface area contributed by atoms with E-state index in [0.717, 1.165) is 12.8 Å². The summed E-state index contributed by atoms with van der Waals surface area (Å²) in [5.74, 6) is 0.122. The fourth-order valence-electron chi connectivity index (χ4n) is 1.52. The highest BCUT2D eigenvalue weighted by molar-refractivity contribution is 5.81. The molecule has 1 aromatic carbocycles. The van der Waals surface area contributed by atoms with Gasteiger partial charge in [-0.05, 0) is 43.5 Å². The Labute approximate surface area is 100.0 Å². The smallest absolute Gasteiger partial charge is 0.261 e. The molecule has 3 nitrogen and oxygen atoms in total. The maximum Gasteiger partial charge on any atom is 0.261 e. The summed E-state index contributed by atoms with van der Waals surface area (Å²) in [6.07, 6.45) is 2.20. The van der Waals surface area contributed by atoms with Crippen molar-refractivity contribution in [3.8, 4) is 5.75 Å². The molecule has 1 aromatic rings. The van der Waals surface area contributed by atoms with E-state index in [0.29, 0.717) is 18.2 Å². The number of hydrogen-bond donors (Lipinski definition) is 1. The Morgan fingerprint density at radius 1 is 1.47 bits per heavy atom. The van der Waals surface area contributed by atoms with Crippen LogP contribution in [0.25, 0.3) is 0 Å². The Kier molecular flexibility index (Phi) is 3.61. The molecule has 1 aliphatic rings. The van der Waals surface area contributed by atoms with Gasteiger partial charge in [-0.25, -0.2) is 4.39 Å². The largest absolute Gasteiger partial charge is 0.481 e. The van der Waals surface area contributed by atoms with Crippen LogP contribution in [-0.2, 0) is 4.79 Å². The normalized spacial score (nSPS) is 16.4. The summed E-state index contributed by atoms with van der Waals surface area (Å²) >= 11 is 0. The molecule has 0 heterocycles. The van der Waals surface area contributed by atoms with Crippen molar-refractivity contribution in [1.29, 1.82) is 0 Å². The van der Waals surface area contributed by atoms with E-state index in [4.69, 9.17) is 4.74 Å². The highest BCUT2D eigenvalue weighted by Gasteiger charge is 2.27. The second kappa shape index (κ2) is 5.17. The number of rotatable bonds is 5. The molecule has 1 aliphatic carbocycles. The van der Waals surface area contributed by atoms with Gasteiger partial charge in [0.2, 0.25) is 0 Å². The van der Waals surface area contributed by atoms with Crippen molar-refractivity contribution in [1.82, 2.24) is 5.32 Å². The van der Waals surface area contributed by atoms with Crippen LogP contribution < -0.4 is 10.1 Å². The highest BCUT2D eigenvalue weighted by atomic mass is 19.1. The molecule has 2 rings (SSSR count). The third-order valence-electron chi connectivity index (χ3n) is 2.68. The van der Waals surface area contributed by atoms with Gasteiger partial charge in [0.25, 0.3) is 5.91 Å². The van der Waals surface area contributed by atoms with Crippen molar-refractivity contribution >= 4 is 5.91 Å². The van der Waals surface area contributed by atoms with Crippen molar-refractivity contribution in [3.05, 3.63) is 30.1 Å². The quantitative estimate of drug-likeness (QED) is 0.853. The van der Waals surface area contributed by atoms with Crippen molar-refractivity contribution in [2.75, 3.05) is 0 Å². The van der Waals surface area contributed by atoms with Crippen molar-refractivity contribution < 1.29 is 13.9 Å². The van der Waals surface area contributed by atoms with Crippen LogP contribution in [0.1, 0.15) is 26.2 Å². The lowest BCUT2D eigenvalue weighted by molar-refractivity contribution is -0.128. The summed E-state index contributed by atoms with van der Waals surface area (Å²) in [4.78, 5) is 11.8. The van der Waals surface area contributed by atoms with Gasteiger partial charge in [-0.2, -0.15) is 0 Å². The van der Waals surface area contributed by atoms with Gasteiger partial charge in [0.1, 0.15) is 11.6 Å². The van der Waals surface area contributed by atoms with Gasteiger partial charge in [-0.3, -0.25) is 4.79 Å². The Hall–Kier alpha value is -1.58. The van der Waals surface area contributed by atoms with E-state index in [9.17, 15) is 9.18 Å². The van der Waals surface area contributed by atoms with Gasteiger partial charge in [-0.15, -0.1) is 0 Å². The fraction of sp³-hybridized carbons (Fsp3) is 0.462. The molecule has 0 aliphatic heterocycles. The average molecular weight is 237 g/mol. The molecule has 1 saturated carbocycles. The van der Waals surface area contributed by atoms with E-state index in [2.05, 4.69) is 5.32 Å². The number of benzene rings is 1. The third-order valence-corrected chi connectivity index (χ3v) is 2.68. The molecule has 4 heteroatoms. The Morgan fingerprint density at radius 3 is 2.65 bits per heavy atom. The fourth-order valence-corrected chi connectivity index (χ4v) is 1.52. The number of hydrogen-bond acceptors (Lipinski definition) is 2. The third kappa shape index (κ3) is 3.44. The van der Waals surface area contributed by atoms with E-state index >= 15 is 0 Å². The van der Waals surface area contributed by atoms with Crippen LogP contribution in [0.4, 0.5) is 4.39 Å². The topological polar surface area (TPSA) is 38.3 Å². The standard InChI is InChI=1S/C13H16FNO2/c1-2-12(13(16)15-10-5-6-10)17-11-7-3-9(14)4-8-11/h3-4,7-8,10,12H,2,5-6H2,1H3,(H,15,16)/t12-/m0/s1. The van der Waals surface area contributed by atoms with Crippen molar-refractivity contribution in [2.24, 2.45) is 0 Å². The molecule has 0 bridgehead atoms. The molecule has 1 N–H and O–H groups in total. The lowest BCUT2D eigenvalue weighted by Gasteiger charge is -2.17. The van der Waals surface area contributed by atoms with Crippen LogP contribution in [-0.4, -0.2) is 18.1 Å². The van der Waals surface area contributed by atoms with Crippen LogP contribution in [0.3, 0.4) is 0 Å². The van der Waals surface area contributed by atoms with Crippen LogP contribution >= 0.6 is 0 Å². The Balaban J connectivity index is 1.93. The summed E-state index contributed by atoms with van der Waals surface area (Å²) in [6, 6.07) is 6.03. The summed E-state index contributed by atoms with van der Waals surface area (Å²) in [7, 11) is 0. The monoisotopic (exact) mass is 237 g/mol. The van der Waals surface area contributed by atoms with Gasteiger partial charge in [0.05, 0.1) is 0 Å². The minimum absolute atomic E-state index is 0.0840. The number of carbonyl (C=O) groups is 1. The zero-order valence-electron chi connectivity index (χ0n) is 9.78. The average Bonchev–Trinajstić information content (AvgIpc) is 3.12. The number of halogens is 1. The maximum atomic E-state index is 12.7. The van der Waals surface area contributed by atoms with E-state index in [1.54, 1.807) is 0 Å². The predicted molar refractivity (Wildman–Crippen MR) is 62.3 cm³/mol. The second-order valence-electron chi connectivity index (χ2n) is 4.25. The number of nitrogens with one attached hydrogen (secondary N) is 1. The first-order valence-electron chi connectivity index (χ1n) is 5.91. The zero-order chi connectivity index (χ0) is 12.3. The predicted octanol–water partition coefficient (Wildman–Crippen LogP) is 2.26. The SMILES string of the molecule is CC[C@H](Oc1ccc(F)cc1)C(=O)NC1CC1. The molecule has 0 aromatic heterocycles. The van der Waals surface area contributed by atoms with E-state index < -0.39 is 6.10 Å². The number of carbonyl (C=O) groups excluding carboxylic acids is 1. The number of ether oxygens (including phenoxy) is 1. The molecule has 1 fully saturated rings. The molecule has 1 atom stereocenters. The van der Waals surface area contributed by atoms with Crippen molar-refractivity contribution in [3.63, 3.8) is 0 Å². The van der Waals surface area contributed by atoms with Crippen LogP contribution in [0.5, 0.6) is 5.75 Å². The van der Waals surface area contributed by atoms with Crippen LogP contribution in [0.15, 0.2) is 24.3 Å². The lowest BCUT2D eigenvalue weighted by Crippen LogP contribution is -2.39. The molecular formula is C13H16FNO2. The molecule has 92 valence electrons. The van der Waals surface area contributed by atoms with Crippen LogP contribution in [0, 0.1) is 5.82 Å². The highest BCUT2D eigenvalue weighted by Crippen LogP contribution is 2.20. The molecule has 1 amide bonds. The van der Waals surface area contributed by atoms with Crippen LogP contribution in [0.2, 0.25) is 0 Å². The first-order chi connectivity index (χ1) is 8.19. The van der Waals surface area contributed by atoms with Gasteiger partial charge in [-0.1, -0.05) is 6.92 Å². The van der Waals surface area contributed by atoms with Gasteiger partial charge < -0.3 is 10.1 Å². The van der Waals surface area contributed by atoms with E-state index in [1.807, 2.05) is 6.92 Å². The summed E-state index contributed by atoms with van der Waals surface area (Å²) in [5, 5.41) is 2.90. The van der Waals surface area contributed by atoms with Gasteiger partial charge >= 0.3 is 0 Å². The zero-order valence-corrected chi connectivity index (χ0v) is 9.78. The minimum Gasteiger partial charge on any atom is -0.481 e. The Bertz CT molecular complexity index is 387. The Morgan fingerprint density at radius 2 is 2.12 bits per heavy atom. The molecule has 0 radical (unpaired) electrons. The maximum absolute atomic E-state index is 12.7. The van der Waals surface area contributed by atoms with Crippen molar-refractivity contribution in [2.45, 2.75) is 38.3 Å². The lowest BCUT2D eigenvalue weighted by atomic mass is 10.2. The molecular weight excluding hydrogens is 221 g/mol. The minimum atomic E-state index is -0.499. The molecule has 0 spiro atoms. The van der Waals surface area contributed by atoms with Gasteiger partial charge in [0, 0.05) is 6.04 Å².